The van der Waals surface area contributed by atoms with Gasteiger partial charge in [0.1, 0.15) is 0 Å². The maximum absolute atomic E-state index is 5.29. The Morgan fingerprint density at radius 2 is 2.16 bits per heavy atom. The molecule has 0 heterocycles. The minimum absolute atomic E-state index is 0.301. The summed E-state index contributed by atoms with van der Waals surface area (Å²) >= 11 is 4.69. The van der Waals surface area contributed by atoms with E-state index in [1.807, 2.05) is 31.2 Å². The summed E-state index contributed by atoms with van der Waals surface area (Å²) in [5.74, 6) is 0. The summed E-state index contributed by atoms with van der Waals surface area (Å²) in [5.41, 5.74) is 9.10. The largest absolute Gasteiger partial charge is 0.376 e. The Labute approximate surface area is 122 Å². The monoisotopic (exact) mass is 276 g/mol. The van der Waals surface area contributed by atoms with E-state index in [0.29, 0.717) is 5.11 Å². The SMILES string of the molecule is CCC1=CCCCC1.Cc1cccc(NC(N)=S)c1. The Kier molecular flexibility index (Phi) is 7.19. The first-order valence-corrected chi connectivity index (χ1v) is 7.33. The Bertz CT molecular complexity index is 438. The third-order valence-corrected chi connectivity index (χ3v) is 3.23. The zero-order chi connectivity index (χ0) is 14.1. The average molecular weight is 276 g/mol. The predicted octanol–water partition coefficient (Wildman–Crippen LogP) is 4.55. The summed E-state index contributed by atoms with van der Waals surface area (Å²) in [6.45, 7) is 4.27. The molecule has 0 aliphatic heterocycles. The summed E-state index contributed by atoms with van der Waals surface area (Å²) < 4.78 is 0. The van der Waals surface area contributed by atoms with Gasteiger partial charge in [-0.25, -0.2) is 0 Å². The van der Waals surface area contributed by atoms with E-state index in [1.54, 1.807) is 5.57 Å². The van der Waals surface area contributed by atoms with Crippen molar-refractivity contribution in [3.8, 4) is 0 Å². The molecule has 1 aliphatic carbocycles. The van der Waals surface area contributed by atoms with E-state index in [-0.39, 0.29) is 0 Å². The van der Waals surface area contributed by atoms with Crippen LogP contribution in [0.3, 0.4) is 0 Å². The second-order valence-electron chi connectivity index (χ2n) is 4.82. The number of aryl methyl sites for hydroxylation is 1. The first-order chi connectivity index (χ1) is 9.11. The van der Waals surface area contributed by atoms with Gasteiger partial charge in [0.2, 0.25) is 0 Å². The van der Waals surface area contributed by atoms with Crippen molar-refractivity contribution in [1.82, 2.24) is 0 Å². The number of rotatable bonds is 2. The van der Waals surface area contributed by atoms with Crippen LogP contribution in [0.15, 0.2) is 35.9 Å². The van der Waals surface area contributed by atoms with Gasteiger partial charge in [-0.05, 0) is 68.9 Å². The fourth-order valence-corrected chi connectivity index (χ4v) is 2.21. The Morgan fingerprint density at radius 3 is 2.63 bits per heavy atom. The van der Waals surface area contributed by atoms with Crippen molar-refractivity contribution >= 4 is 23.0 Å². The molecule has 2 rings (SSSR count). The number of thiocarbonyl (C=S) groups is 1. The van der Waals surface area contributed by atoms with Crippen molar-refractivity contribution < 1.29 is 0 Å². The number of allylic oxidation sites excluding steroid dienone is 2. The van der Waals surface area contributed by atoms with E-state index in [4.69, 9.17) is 5.73 Å². The molecule has 0 bridgehead atoms. The zero-order valence-corrected chi connectivity index (χ0v) is 12.7. The van der Waals surface area contributed by atoms with Crippen LogP contribution in [0.25, 0.3) is 0 Å². The standard InChI is InChI=1S/C8H10N2S.C8H14/c1-6-3-2-4-7(5-6)10-8(9)11;1-2-8-6-4-3-5-7-8/h2-5H,1H3,(H3,9,10,11);6H,2-5,7H2,1H3. The highest BCUT2D eigenvalue weighted by atomic mass is 32.1. The van der Waals surface area contributed by atoms with Crippen LogP contribution >= 0.6 is 12.2 Å². The molecule has 2 nitrogen and oxygen atoms in total. The molecule has 3 heteroatoms. The first-order valence-electron chi connectivity index (χ1n) is 6.93. The van der Waals surface area contributed by atoms with Crippen LogP contribution in [0.4, 0.5) is 5.69 Å². The molecular weight excluding hydrogens is 252 g/mol. The zero-order valence-electron chi connectivity index (χ0n) is 11.9. The van der Waals surface area contributed by atoms with Crippen molar-refractivity contribution in [3.05, 3.63) is 41.5 Å². The summed E-state index contributed by atoms with van der Waals surface area (Å²) in [6, 6.07) is 7.88. The predicted molar refractivity (Wildman–Crippen MR) is 88.4 cm³/mol. The average Bonchev–Trinajstić information content (AvgIpc) is 2.40. The molecule has 19 heavy (non-hydrogen) atoms. The van der Waals surface area contributed by atoms with Gasteiger partial charge in [-0.15, -0.1) is 0 Å². The van der Waals surface area contributed by atoms with Gasteiger partial charge in [-0.3, -0.25) is 0 Å². The van der Waals surface area contributed by atoms with Crippen LogP contribution in [-0.4, -0.2) is 5.11 Å². The van der Waals surface area contributed by atoms with Crippen LogP contribution < -0.4 is 11.1 Å². The smallest absolute Gasteiger partial charge is 0.168 e. The fourth-order valence-electron chi connectivity index (χ4n) is 2.09. The van der Waals surface area contributed by atoms with Crippen molar-refractivity contribution in [1.29, 1.82) is 0 Å². The van der Waals surface area contributed by atoms with Crippen molar-refractivity contribution in [2.75, 3.05) is 5.32 Å². The van der Waals surface area contributed by atoms with Gasteiger partial charge in [0.25, 0.3) is 0 Å². The van der Waals surface area contributed by atoms with Crippen LogP contribution in [0, 0.1) is 6.92 Å². The lowest BCUT2D eigenvalue weighted by atomic mass is 9.98. The maximum Gasteiger partial charge on any atom is 0.168 e. The highest BCUT2D eigenvalue weighted by molar-refractivity contribution is 7.80. The molecule has 104 valence electrons. The maximum atomic E-state index is 5.29. The van der Waals surface area contributed by atoms with Gasteiger partial charge in [-0.2, -0.15) is 0 Å². The number of hydrogen-bond acceptors (Lipinski definition) is 1. The summed E-state index contributed by atoms with van der Waals surface area (Å²) in [5, 5.41) is 3.16. The molecule has 0 spiro atoms. The lowest BCUT2D eigenvalue weighted by molar-refractivity contribution is 0.684. The minimum Gasteiger partial charge on any atom is -0.376 e. The number of benzene rings is 1. The van der Waals surface area contributed by atoms with E-state index in [2.05, 4.69) is 30.5 Å². The van der Waals surface area contributed by atoms with Gasteiger partial charge in [0, 0.05) is 5.69 Å². The van der Waals surface area contributed by atoms with Gasteiger partial charge < -0.3 is 11.1 Å². The molecule has 0 radical (unpaired) electrons. The van der Waals surface area contributed by atoms with Crippen LogP contribution in [0.1, 0.15) is 44.6 Å². The van der Waals surface area contributed by atoms with Crippen LogP contribution in [0.5, 0.6) is 0 Å². The molecule has 0 unspecified atom stereocenters. The minimum atomic E-state index is 0.301. The van der Waals surface area contributed by atoms with E-state index >= 15 is 0 Å². The summed E-state index contributed by atoms with van der Waals surface area (Å²) in [6.07, 6.45) is 9.24. The third-order valence-electron chi connectivity index (χ3n) is 3.12. The molecule has 0 saturated heterocycles. The number of nitrogens with one attached hydrogen (secondary N) is 1. The molecule has 1 aliphatic rings. The molecule has 0 saturated carbocycles. The Hall–Kier alpha value is -1.35. The topological polar surface area (TPSA) is 38.0 Å². The summed E-state index contributed by atoms with van der Waals surface area (Å²) in [7, 11) is 0. The highest BCUT2D eigenvalue weighted by Gasteiger charge is 1.98. The van der Waals surface area contributed by atoms with Gasteiger partial charge in [0.15, 0.2) is 5.11 Å². The Balaban J connectivity index is 0.000000200. The molecule has 0 fully saturated rings. The Morgan fingerprint density at radius 1 is 1.37 bits per heavy atom. The number of hydrogen-bond donors (Lipinski definition) is 2. The molecule has 1 aromatic rings. The molecule has 0 amide bonds. The van der Waals surface area contributed by atoms with E-state index in [1.165, 1.54) is 37.7 Å². The highest BCUT2D eigenvalue weighted by Crippen LogP contribution is 2.18. The lowest BCUT2D eigenvalue weighted by Crippen LogP contribution is -2.18. The molecule has 1 aromatic carbocycles. The van der Waals surface area contributed by atoms with E-state index < -0.39 is 0 Å². The number of anilines is 1. The molecular formula is C16H24N2S. The molecule has 3 N–H and O–H groups in total. The molecule has 0 atom stereocenters. The van der Waals surface area contributed by atoms with Gasteiger partial charge in [-0.1, -0.05) is 30.7 Å². The van der Waals surface area contributed by atoms with Gasteiger partial charge >= 0.3 is 0 Å². The second kappa shape index (κ2) is 8.70. The second-order valence-corrected chi connectivity index (χ2v) is 5.26. The van der Waals surface area contributed by atoms with Crippen LogP contribution in [0.2, 0.25) is 0 Å². The quantitative estimate of drug-likeness (QED) is 0.615. The van der Waals surface area contributed by atoms with Gasteiger partial charge in [0.05, 0.1) is 0 Å². The van der Waals surface area contributed by atoms with Crippen molar-refractivity contribution in [2.24, 2.45) is 5.73 Å². The van der Waals surface area contributed by atoms with E-state index in [0.717, 1.165) is 5.69 Å². The molecule has 0 aromatic heterocycles. The normalized spacial score (nSPS) is 13.9. The first kappa shape index (κ1) is 15.7. The number of nitrogens with two attached hydrogens (primary N) is 1. The van der Waals surface area contributed by atoms with Crippen molar-refractivity contribution in [3.63, 3.8) is 0 Å². The fraction of sp³-hybridized carbons (Fsp3) is 0.438. The van der Waals surface area contributed by atoms with Crippen molar-refractivity contribution in [2.45, 2.75) is 46.0 Å². The third kappa shape index (κ3) is 6.97. The van der Waals surface area contributed by atoms with E-state index in [9.17, 15) is 0 Å². The van der Waals surface area contributed by atoms with Crippen LogP contribution in [-0.2, 0) is 0 Å². The lowest BCUT2D eigenvalue weighted by Gasteiger charge is -2.08. The summed E-state index contributed by atoms with van der Waals surface area (Å²) in [4.78, 5) is 0.